The number of hydrogen-bond donors (Lipinski definition) is 0. The minimum atomic E-state index is -0.518. The van der Waals surface area contributed by atoms with Crippen LogP contribution in [0.3, 0.4) is 0 Å². The molecular weight excluding hydrogens is 330 g/mol. The summed E-state index contributed by atoms with van der Waals surface area (Å²) in [6.45, 7) is 0. The van der Waals surface area contributed by atoms with E-state index in [-0.39, 0.29) is 5.69 Å². The Kier molecular flexibility index (Phi) is 5.19. The molecule has 128 valence electrons. The summed E-state index contributed by atoms with van der Waals surface area (Å²) in [6, 6.07) is 23.0. The van der Waals surface area contributed by atoms with Crippen molar-refractivity contribution in [1.82, 2.24) is 0 Å². The number of nitro benzene ring substituents is 1. The van der Waals surface area contributed by atoms with Crippen LogP contribution in [0.2, 0.25) is 0 Å². The van der Waals surface area contributed by atoms with Gasteiger partial charge in [-0.05, 0) is 47.0 Å². The monoisotopic (exact) mass is 345 g/mol. The number of benzene rings is 3. The molecule has 0 N–H and O–H groups in total. The van der Waals surface area contributed by atoms with Crippen LogP contribution < -0.4 is 4.74 Å². The zero-order valence-corrected chi connectivity index (χ0v) is 13.7. The average Bonchev–Trinajstić information content (AvgIpc) is 2.68. The first-order valence-corrected chi connectivity index (χ1v) is 7.92. The van der Waals surface area contributed by atoms with Crippen molar-refractivity contribution in [2.75, 3.05) is 0 Å². The van der Waals surface area contributed by atoms with Gasteiger partial charge in [-0.15, -0.1) is 0 Å². The van der Waals surface area contributed by atoms with Crippen molar-refractivity contribution >= 4 is 17.7 Å². The highest BCUT2D eigenvalue weighted by Crippen LogP contribution is 2.22. The molecule has 0 amide bonds. The molecule has 3 aromatic carbocycles. The molecule has 26 heavy (non-hydrogen) atoms. The Labute approximate surface area is 150 Å². The van der Waals surface area contributed by atoms with E-state index < -0.39 is 10.9 Å². The van der Waals surface area contributed by atoms with Crippen LogP contribution >= 0.6 is 0 Å². The van der Waals surface area contributed by atoms with E-state index in [9.17, 15) is 14.9 Å². The number of rotatable bonds is 5. The zero-order valence-electron chi connectivity index (χ0n) is 13.7. The number of carbonyl (C=O) groups excluding carboxylic acids is 1. The van der Waals surface area contributed by atoms with Crippen LogP contribution in [0.4, 0.5) is 5.69 Å². The molecule has 0 saturated carbocycles. The first-order chi connectivity index (χ1) is 12.6. The Bertz CT molecular complexity index is 930. The standard InChI is InChI=1S/C21H15NO4/c23-21(15-8-16-6-11-19(12-7-16)22(24)25)26-20-13-9-18(10-14-20)17-4-2-1-3-5-17/h1-15H/b15-8+. The Morgan fingerprint density at radius 3 is 2.08 bits per heavy atom. The Morgan fingerprint density at radius 2 is 1.46 bits per heavy atom. The van der Waals surface area contributed by atoms with E-state index in [0.717, 1.165) is 11.1 Å². The lowest BCUT2D eigenvalue weighted by Gasteiger charge is -2.04. The van der Waals surface area contributed by atoms with Crippen LogP contribution in [0.15, 0.2) is 84.9 Å². The molecule has 0 aliphatic heterocycles. The summed E-state index contributed by atoms with van der Waals surface area (Å²) in [7, 11) is 0. The van der Waals surface area contributed by atoms with Crippen molar-refractivity contribution in [2.45, 2.75) is 0 Å². The van der Waals surface area contributed by atoms with Crippen molar-refractivity contribution in [1.29, 1.82) is 0 Å². The van der Waals surface area contributed by atoms with E-state index in [0.29, 0.717) is 11.3 Å². The predicted molar refractivity (Wildman–Crippen MR) is 99.6 cm³/mol. The van der Waals surface area contributed by atoms with Crippen molar-refractivity contribution in [3.8, 4) is 16.9 Å². The number of hydrogen-bond acceptors (Lipinski definition) is 4. The molecule has 0 atom stereocenters. The van der Waals surface area contributed by atoms with E-state index in [1.54, 1.807) is 30.3 Å². The molecule has 3 aromatic rings. The van der Waals surface area contributed by atoms with Gasteiger partial charge < -0.3 is 4.74 Å². The molecule has 0 aliphatic rings. The Balaban J connectivity index is 1.61. The molecule has 0 saturated heterocycles. The molecule has 0 spiro atoms. The van der Waals surface area contributed by atoms with Gasteiger partial charge in [-0.3, -0.25) is 10.1 Å². The molecule has 0 radical (unpaired) electrons. The molecular formula is C21H15NO4. The number of carbonyl (C=O) groups is 1. The molecule has 0 aliphatic carbocycles. The number of ether oxygens (including phenoxy) is 1. The van der Waals surface area contributed by atoms with Crippen molar-refractivity contribution in [3.05, 3.63) is 101 Å². The first kappa shape index (κ1) is 17.1. The minimum absolute atomic E-state index is 0.00299. The lowest BCUT2D eigenvalue weighted by molar-refractivity contribution is -0.384. The number of esters is 1. The molecule has 5 heteroatoms. The van der Waals surface area contributed by atoms with Gasteiger partial charge >= 0.3 is 5.97 Å². The van der Waals surface area contributed by atoms with Gasteiger partial charge in [0.2, 0.25) is 0 Å². The van der Waals surface area contributed by atoms with Gasteiger partial charge in [0.15, 0.2) is 0 Å². The molecule has 0 fully saturated rings. The fourth-order valence-electron chi connectivity index (χ4n) is 2.37. The molecule has 0 aromatic heterocycles. The maximum absolute atomic E-state index is 11.9. The molecule has 0 bridgehead atoms. The molecule has 0 heterocycles. The van der Waals surface area contributed by atoms with E-state index in [4.69, 9.17) is 4.74 Å². The maximum atomic E-state index is 11.9. The van der Waals surface area contributed by atoms with Crippen LogP contribution in [-0.4, -0.2) is 10.9 Å². The SMILES string of the molecule is O=C(/C=C/c1ccc([N+](=O)[O-])cc1)Oc1ccc(-c2ccccc2)cc1. The predicted octanol–water partition coefficient (Wildman–Crippen LogP) is 4.88. The van der Waals surface area contributed by atoms with Crippen molar-refractivity contribution < 1.29 is 14.5 Å². The highest BCUT2D eigenvalue weighted by Gasteiger charge is 2.04. The summed E-state index contributed by atoms with van der Waals surface area (Å²) in [5.74, 6) is -0.0705. The van der Waals surface area contributed by atoms with Gasteiger partial charge in [-0.1, -0.05) is 42.5 Å². The molecule has 5 nitrogen and oxygen atoms in total. The van der Waals surface area contributed by atoms with Crippen LogP contribution in [0.5, 0.6) is 5.75 Å². The van der Waals surface area contributed by atoms with Gasteiger partial charge in [-0.2, -0.15) is 0 Å². The quantitative estimate of drug-likeness (QED) is 0.217. The van der Waals surface area contributed by atoms with E-state index in [2.05, 4.69) is 0 Å². The Morgan fingerprint density at radius 1 is 0.846 bits per heavy atom. The highest BCUT2D eigenvalue weighted by molar-refractivity contribution is 5.88. The second-order valence-corrected chi connectivity index (χ2v) is 5.49. The van der Waals surface area contributed by atoms with E-state index in [1.165, 1.54) is 18.2 Å². The summed E-state index contributed by atoms with van der Waals surface area (Å²) in [5, 5.41) is 10.6. The van der Waals surface area contributed by atoms with Gasteiger partial charge in [0.25, 0.3) is 5.69 Å². The van der Waals surface area contributed by atoms with Crippen LogP contribution in [0.25, 0.3) is 17.2 Å². The van der Waals surface area contributed by atoms with Crippen molar-refractivity contribution in [3.63, 3.8) is 0 Å². The van der Waals surface area contributed by atoms with Gasteiger partial charge in [-0.25, -0.2) is 4.79 Å². The van der Waals surface area contributed by atoms with Crippen molar-refractivity contribution in [2.24, 2.45) is 0 Å². The minimum Gasteiger partial charge on any atom is -0.423 e. The van der Waals surface area contributed by atoms with Crippen LogP contribution in [-0.2, 0) is 4.79 Å². The average molecular weight is 345 g/mol. The highest BCUT2D eigenvalue weighted by atomic mass is 16.6. The fraction of sp³-hybridized carbons (Fsp3) is 0. The zero-order chi connectivity index (χ0) is 18.4. The third kappa shape index (κ3) is 4.42. The topological polar surface area (TPSA) is 69.4 Å². The third-order valence-corrected chi connectivity index (χ3v) is 3.70. The number of non-ortho nitro benzene ring substituents is 1. The second kappa shape index (κ2) is 7.90. The summed E-state index contributed by atoms with van der Waals surface area (Å²) < 4.78 is 5.25. The third-order valence-electron chi connectivity index (χ3n) is 3.70. The number of nitro groups is 1. The normalized spacial score (nSPS) is 10.6. The van der Waals surface area contributed by atoms with E-state index in [1.807, 2.05) is 42.5 Å². The van der Waals surface area contributed by atoms with Gasteiger partial charge in [0.1, 0.15) is 5.75 Å². The van der Waals surface area contributed by atoms with E-state index >= 15 is 0 Å². The molecule has 0 unspecified atom stereocenters. The van der Waals surface area contributed by atoms with Crippen LogP contribution in [0.1, 0.15) is 5.56 Å². The van der Waals surface area contributed by atoms with Gasteiger partial charge in [0, 0.05) is 18.2 Å². The fourth-order valence-corrected chi connectivity index (χ4v) is 2.37. The number of nitrogens with zero attached hydrogens (tertiary/aromatic N) is 1. The largest absolute Gasteiger partial charge is 0.423 e. The summed E-state index contributed by atoms with van der Waals surface area (Å²) in [4.78, 5) is 22.0. The maximum Gasteiger partial charge on any atom is 0.336 e. The van der Waals surface area contributed by atoms with Crippen LogP contribution in [0, 0.1) is 10.1 Å². The summed E-state index contributed by atoms with van der Waals surface area (Å²) in [5.41, 5.74) is 2.80. The Hall–Kier alpha value is -3.73. The summed E-state index contributed by atoms with van der Waals surface area (Å²) >= 11 is 0. The second-order valence-electron chi connectivity index (χ2n) is 5.49. The summed E-state index contributed by atoms with van der Waals surface area (Å²) in [6.07, 6.45) is 2.83. The molecule has 3 rings (SSSR count). The van der Waals surface area contributed by atoms with Gasteiger partial charge in [0.05, 0.1) is 4.92 Å². The lowest BCUT2D eigenvalue weighted by Crippen LogP contribution is -2.03. The smallest absolute Gasteiger partial charge is 0.336 e. The lowest BCUT2D eigenvalue weighted by atomic mass is 10.1. The first-order valence-electron chi connectivity index (χ1n) is 7.92.